The van der Waals surface area contributed by atoms with E-state index >= 15 is 0 Å². The number of hydrogen-bond acceptors (Lipinski definition) is 3. The molecule has 0 radical (unpaired) electrons. The summed E-state index contributed by atoms with van der Waals surface area (Å²) in [6.07, 6.45) is 1.75. The highest BCUT2D eigenvalue weighted by molar-refractivity contribution is 5.45. The summed E-state index contributed by atoms with van der Waals surface area (Å²) in [4.78, 5) is 4.21. The van der Waals surface area contributed by atoms with E-state index in [-0.39, 0.29) is 0 Å². The zero-order chi connectivity index (χ0) is 13.1. The second kappa shape index (κ2) is 5.19. The maximum atomic E-state index is 5.87. The minimum Gasteiger partial charge on any atom is -0.438 e. The Morgan fingerprint density at radius 3 is 2.33 bits per heavy atom. The number of nitrogens with two attached hydrogens (primary N) is 1. The number of aryl methyl sites for hydroxylation is 3. The monoisotopic (exact) mass is 242 g/mol. The summed E-state index contributed by atoms with van der Waals surface area (Å²) in [6.45, 7) is 6.62. The SMILES string of the molecule is Cc1ccnc(Oc2c(C)cc(CN)cc2C)c1. The number of rotatable bonds is 3. The van der Waals surface area contributed by atoms with Gasteiger partial charge in [0.15, 0.2) is 0 Å². The molecule has 3 heteroatoms. The van der Waals surface area contributed by atoms with Gasteiger partial charge < -0.3 is 10.5 Å². The van der Waals surface area contributed by atoms with Gasteiger partial charge in [0.2, 0.25) is 5.88 Å². The Morgan fingerprint density at radius 1 is 1.11 bits per heavy atom. The van der Waals surface area contributed by atoms with Crippen LogP contribution < -0.4 is 10.5 Å². The Morgan fingerprint density at radius 2 is 1.78 bits per heavy atom. The zero-order valence-electron chi connectivity index (χ0n) is 11.0. The van der Waals surface area contributed by atoms with Crippen molar-refractivity contribution in [2.45, 2.75) is 27.3 Å². The van der Waals surface area contributed by atoms with Crippen LogP contribution in [-0.4, -0.2) is 4.98 Å². The third-order valence-corrected chi connectivity index (χ3v) is 2.85. The van der Waals surface area contributed by atoms with Crippen molar-refractivity contribution in [3.63, 3.8) is 0 Å². The molecule has 0 bridgehead atoms. The highest BCUT2D eigenvalue weighted by atomic mass is 16.5. The maximum absolute atomic E-state index is 5.87. The van der Waals surface area contributed by atoms with Crippen LogP contribution in [-0.2, 0) is 6.54 Å². The van der Waals surface area contributed by atoms with Crippen LogP contribution in [0.15, 0.2) is 30.5 Å². The lowest BCUT2D eigenvalue weighted by molar-refractivity contribution is 0.455. The summed E-state index contributed by atoms with van der Waals surface area (Å²) in [7, 11) is 0. The zero-order valence-corrected chi connectivity index (χ0v) is 11.0. The van der Waals surface area contributed by atoms with Crippen LogP contribution in [0.1, 0.15) is 22.3 Å². The molecule has 2 aromatic rings. The lowest BCUT2D eigenvalue weighted by Crippen LogP contribution is -2.00. The van der Waals surface area contributed by atoms with Gasteiger partial charge in [0.05, 0.1) is 0 Å². The van der Waals surface area contributed by atoms with E-state index < -0.39 is 0 Å². The topological polar surface area (TPSA) is 48.1 Å². The second-order valence-corrected chi connectivity index (χ2v) is 4.54. The molecule has 94 valence electrons. The van der Waals surface area contributed by atoms with Crippen molar-refractivity contribution < 1.29 is 4.74 Å². The van der Waals surface area contributed by atoms with E-state index in [9.17, 15) is 0 Å². The van der Waals surface area contributed by atoms with Crippen molar-refractivity contribution >= 4 is 0 Å². The summed E-state index contributed by atoms with van der Waals surface area (Å²) >= 11 is 0. The van der Waals surface area contributed by atoms with Gasteiger partial charge in [0.25, 0.3) is 0 Å². The van der Waals surface area contributed by atoms with E-state index in [0.29, 0.717) is 12.4 Å². The smallest absolute Gasteiger partial charge is 0.219 e. The molecule has 2 N–H and O–H groups in total. The van der Waals surface area contributed by atoms with Crippen molar-refractivity contribution in [3.8, 4) is 11.6 Å². The van der Waals surface area contributed by atoms with Gasteiger partial charge in [-0.1, -0.05) is 12.1 Å². The van der Waals surface area contributed by atoms with Gasteiger partial charge in [-0.3, -0.25) is 0 Å². The molecule has 0 saturated carbocycles. The molecule has 0 saturated heterocycles. The van der Waals surface area contributed by atoms with Crippen LogP contribution in [0.2, 0.25) is 0 Å². The minimum atomic E-state index is 0.546. The van der Waals surface area contributed by atoms with Crippen LogP contribution in [0.4, 0.5) is 0 Å². The van der Waals surface area contributed by atoms with Crippen molar-refractivity contribution in [2.75, 3.05) is 0 Å². The number of benzene rings is 1. The van der Waals surface area contributed by atoms with Crippen LogP contribution in [0.5, 0.6) is 11.6 Å². The maximum Gasteiger partial charge on any atom is 0.219 e. The van der Waals surface area contributed by atoms with Crippen molar-refractivity contribution in [1.82, 2.24) is 4.98 Å². The number of hydrogen-bond donors (Lipinski definition) is 1. The molecule has 0 aliphatic heterocycles. The first-order valence-corrected chi connectivity index (χ1v) is 6.01. The average Bonchev–Trinajstić information content (AvgIpc) is 2.33. The molecule has 0 atom stereocenters. The fourth-order valence-corrected chi connectivity index (χ4v) is 1.99. The molecule has 0 fully saturated rings. The summed E-state index contributed by atoms with van der Waals surface area (Å²) in [5.41, 5.74) is 10.1. The summed E-state index contributed by atoms with van der Waals surface area (Å²) < 4.78 is 5.87. The predicted octanol–water partition coefficient (Wildman–Crippen LogP) is 3.26. The standard InChI is InChI=1S/C15H18N2O/c1-10-4-5-17-14(6-10)18-15-11(2)7-13(9-16)8-12(15)3/h4-8H,9,16H2,1-3H3. The van der Waals surface area contributed by atoms with E-state index in [0.717, 1.165) is 28.0 Å². The van der Waals surface area contributed by atoms with Gasteiger partial charge in [-0.25, -0.2) is 4.98 Å². The third-order valence-electron chi connectivity index (χ3n) is 2.85. The van der Waals surface area contributed by atoms with Crippen LogP contribution >= 0.6 is 0 Å². The molecule has 1 aromatic carbocycles. The fraction of sp³-hybridized carbons (Fsp3) is 0.267. The quantitative estimate of drug-likeness (QED) is 0.898. The van der Waals surface area contributed by atoms with Gasteiger partial charge in [-0.2, -0.15) is 0 Å². The van der Waals surface area contributed by atoms with Crippen LogP contribution in [0.3, 0.4) is 0 Å². The Balaban J connectivity index is 2.35. The molecule has 1 aromatic heterocycles. The molecule has 3 nitrogen and oxygen atoms in total. The lowest BCUT2D eigenvalue weighted by atomic mass is 10.1. The first kappa shape index (κ1) is 12.6. The van der Waals surface area contributed by atoms with E-state index in [1.807, 2.05) is 32.9 Å². The molecule has 0 unspecified atom stereocenters. The van der Waals surface area contributed by atoms with E-state index in [4.69, 9.17) is 10.5 Å². The summed E-state index contributed by atoms with van der Waals surface area (Å²) in [6, 6.07) is 7.98. The van der Waals surface area contributed by atoms with Crippen LogP contribution in [0, 0.1) is 20.8 Å². The fourth-order valence-electron chi connectivity index (χ4n) is 1.99. The first-order chi connectivity index (χ1) is 8.60. The molecule has 1 heterocycles. The highest BCUT2D eigenvalue weighted by Gasteiger charge is 2.08. The first-order valence-electron chi connectivity index (χ1n) is 6.01. The van der Waals surface area contributed by atoms with Gasteiger partial charge >= 0.3 is 0 Å². The Kier molecular flexibility index (Phi) is 3.63. The Hall–Kier alpha value is -1.87. The number of ether oxygens (including phenoxy) is 1. The lowest BCUT2D eigenvalue weighted by Gasteiger charge is -2.12. The molecule has 0 aliphatic carbocycles. The number of pyridine rings is 1. The molecular weight excluding hydrogens is 224 g/mol. The van der Waals surface area contributed by atoms with Crippen molar-refractivity contribution in [2.24, 2.45) is 5.73 Å². The molecule has 2 rings (SSSR count). The molecule has 0 amide bonds. The average molecular weight is 242 g/mol. The highest BCUT2D eigenvalue weighted by Crippen LogP contribution is 2.29. The van der Waals surface area contributed by atoms with Gasteiger partial charge in [-0.05, 0) is 49.1 Å². The number of nitrogens with zero attached hydrogens (tertiary/aromatic N) is 1. The summed E-state index contributed by atoms with van der Waals surface area (Å²) in [5.74, 6) is 1.49. The normalized spacial score (nSPS) is 10.4. The molecule has 0 aliphatic rings. The second-order valence-electron chi connectivity index (χ2n) is 4.54. The minimum absolute atomic E-state index is 0.546. The van der Waals surface area contributed by atoms with Crippen molar-refractivity contribution in [1.29, 1.82) is 0 Å². The molecular formula is C15H18N2O. The summed E-state index contributed by atoms with van der Waals surface area (Å²) in [5, 5.41) is 0. The third kappa shape index (κ3) is 2.68. The van der Waals surface area contributed by atoms with Crippen molar-refractivity contribution in [3.05, 3.63) is 52.7 Å². The largest absolute Gasteiger partial charge is 0.438 e. The van der Waals surface area contributed by atoms with Gasteiger partial charge in [0.1, 0.15) is 5.75 Å². The van der Waals surface area contributed by atoms with Gasteiger partial charge in [0, 0.05) is 18.8 Å². The Labute approximate surface area is 108 Å². The molecule has 18 heavy (non-hydrogen) atoms. The van der Waals surface area contributed by atoms with E-state index in [2.05, 4.69) is 17.1 Å². The predicted molar refractivity (Wildman–Crippen MR) is 72.9 cm³/mol. The Bertz CT molecular complexity index is 541. The van der Waals surface area contributed by atoms with Crippen LogP contribution in [0.25, 0.3) is 0 Å². The number of aromatic nitrogens is 1. The van der Waals surface area contributed by atoms with E-state index in [1.54, 1.807) is 6.20 Å². The molecule has 0 spiro atoms. The van der Waals surface area contributed by atoms with Gasteiger partial charge in [-0.15, -0.1) is 0 Å². The van der Waals surface area contributed by atoms with E-state index in [1.165, 1.54) is 0 Å².